The number of nitrogens with one attached hydrogen (secondary N) is 1. The van der Waals surface area contributed by atoms with Gasteiger partial charge in [-0.3, -0.25) is 4.79 Å². The second-order valence-electron chi connectivity index (χ2n) is 4.60. The smallest absolute Gasteiger partial charge is 0.275 e. The van der Waals surface area contributed by atoms with Gasteiger partial charge in [0.15, 0.2) is 11.5 Å². The lowest BCUT2D eigenvalue weighted by molar-refractivity contribution is 0.0952. The minimum absolute atomic E-state index is 0.0185. The summed E-state index contributed by atoms with van der Waals surface area (Å²) < 4.78 is 10.3. The zero-order chi connectivity index (χ0) is 17.7. The highest BCUT2D eigenvalue weighted by Crippen LogP contribution is 2.35. The number of hydrazone groups is 1. The van der Waals surface area contributed by atoms with E-state index in [1.54, 1.807) is 12.1 Å². The number of carbonyl (C=O) groups excluding carboxylic acids is 1. The monoisotopic (exact) mass is 368 g/mol. The molecule has 2 N–H and O–H groups in total. The van der Waals surface area contributed by atoms with E-state index in [-0.39, 0.29) is 11.3 Å². The van der Waals surface area contributed by atoms with Gasteiger partial charge in [0.1, 0.15) is 5.75 Å². The molecule has 0 atom stereocenters. The first kappa shape index (κ1) is 17.9. The fraction of sp³-hybridized carbons (Fsp3) is 0.125. The van der Waals surface area contributed by atoms with Crippen molar-refractivity contribution in [1.82, 2.24) is 5.43 Å². The first-order valence-corrected chi connectivity index (χ1v) is 7.45. The molecule has 24 heavy (non-hydrogen) atoms. The number of carbonyl (C=O) groups is 1. The molecule has 0 aliphatic carbocycles. The van der Waals surface area contributed by atoms with Crippen LogP contribution in [0.25, 0.3) is 0 Å². The first-order valence-electron chi connectivity index (χ1n) is 6.69. The second kappa shape index (κ2) is 7.90. The topological polar surface area (TPSA) is 80.2 Å². The van der Waals surface area contributed by atoms with Crippen LogP contribution in [-0.2, 0) is 0 Å². The van der Waals surface area contributed by atoms with Gasteiger partial charge in [-0.25, -0.2) is 5.43 Å². The number of hydrogen-bond acceptors (Lipinski definition) is 5. The van der Waals surface area contributed by atoms with Crippen molar-refractivity contribution in [2.45, 2.75) is 0 Å². The Bertz CT molecular complexity index is 794. The van der Waals surface area contributed by atoms with Crippen molar-refractivity contribution >= 4 is 35.3 Å². The van der Waals surface area contributed by atoms with Gasteiger partial charge in [0, 0.05) is 5.02 Å². The van der Waals surface area contributed by atoms with Crippen LogP contribution in [0, 0.1) is 0 Å². The van der Waals surface area contributed by atoms with Crippen molar-refractivity contribution in [3.8, 4) is 17.2 Å². The van der Waals surface area contributed by atoms with Crippen molar-refractivity contribution in [1.29, 1.82) is 0 Å². The second-order valence-corrected chi connectivity index (χ2v) is 5.44. The van der Waals surface area contributed by atoms with Crippen LogP contribution in [0.1, 0.15) is 15.9 Å². The van der Waals surface area contributed by atoms with E-state index in [0.29, 0.717) is 27.1 Å². The van der Waals surface area contributed by atoms with Gasteiger partial charge in [-0.15, -0.1) is 0 Å². The van der Waals surface area contributed by atoms with Gasteiger partial charge in [0.05, 0.1) is 31.0 Å². The third-order valence-corrected chi connectivity index (χ3v) is 3.55. The Morgan fingerprint density at radius 2 is 1.96 bits per heavy atom. The van der Waals surface area contributed by atoms with E-state index < -0.39 is 5.91 Å². The van der Waals surface area contributed by atoms with Crippen LogP contribution in [-0.4, -0.2) is 31.4 Å². The molecular formula is C16H14Cl2N2O4. The number of hydrogen-bond donors (Lipinski definition) is 2. The van der Waals surface area contributed by atoms with Gasteiger partial charge in [0.2, 0.25) is 0 Å². The number of aromatic hydroxyl groups is 1. The molecule has 2 aromatic carbocycles. The molecule has 0 radical (unpaired) electrons. The largest absolute Gasteiger partial charge is 0.507 e. The van der Waals surface area contributed by atoms with Crippen molar-refractivity contribution in [3.05, 3.63) is 51.5 Å². The molecule has 0 bridgehead atoms. The van der Waals surface area contributed by atoms with Crippen molar-refractivity contribution < 1.29 is 19.4 Å². The lowest BCUT2D eigenvalue weighted by Gasteiger charge is -2.10. The molecule has 8 heteroatoms. The van der Waals surface area contributed by atoms with Crippen molar-refractivity contribution in [2.75, 3.05) is 14.2 Å². The average molecular weight is 369 g/mol. The number of phenols is 1. The van der Waals surface area contributed by atoms with Crippen molar-refractivity contribution in [3.63, 3.8) is 0 Å². The van der Waals surface area contributed by atoms with Crippen LogP contribution < -0.4 is 14.9 Å². The molecule has 0 unspecified atom stereocenters. The Balaban J connectivity index is 2.15. The van der Waals surface area contributed by atoms with E-state index >= 15 is 0 Å². The number of phenolic OH excluding ortho intramolecular Hbond substituents is 1. The summed E-state index contributed by atoms with van der Waals surface area (Å²) in [4.78, 5) is 12.0. The summed E-state index contributed by atoms with van der Waals surface area (Å²) in [5, 5.41) is 14.2. The van der Waals surface area contributed by atoms with E-state index in [0.717, 1.165) is 0 Å². The Hall–Kier alpha value is -2.44. The Morgan fingerprint density at radius 1 is 1.21 bits per heavy atom. The van der Waals surface area contributed by atoms with Crippen molar-refractivity contribution in [2.24, 2.45) is 5.10 Å². The Morgan fingerprint density at radius 3 is 2.62 bits per heavy atom. The highest BCUT2D eigenvalue weighted by Gasteiger charge is 2.12. The molecule has 2 rings (SSSR count). The lowest BCUT2D eigenvalue weighted by Crippen LogP contribution is -2.17. The third-order valence-electron chi connectivity index (χ3n) is 3.04. The number of benzene rings is 2. The molecular weight excluding hydrogens is 355 g/mol. The molecule has 0 aromatic heterocycles. The lowest BCUT2D eigenvalue weighted by atomic mass is 10.2. The maximum atomic E-state index is 12.0. The predicted molar refractivity (Wildman–Crippen MR) is 92.7 cm³/mol. The van der Waals surface area contributed by atoms with Crippen LogP contribution >= 0.6 is 23.2 Å². The van der Waals surface area contributed by atoms with Gasteiger partial charge >= 0.3 is 0 Å². The van der Waals surface area contributed by atoms with E-state index in [1.807, 2.05) is 0 Å². The third kappa shape index (κ3) is 4.10. The zero-order valence-corrected chi connectivity index (χ0v) is 14.4. The molecule has 0 saturated carbocycles. The van der Waals surface area contributed by atoms with E-state index in [2.05, 4.69) is 10.5 Å². The standard InChI is InChI=1S/C16H14Cl2N2O4/c1-23-14-6-9(5-12(18)15(14)24-2)8-19-20-16(22)11-7-10(17)3-4-13(11)21/h3-8,21H,1-2H3,(H,20,22)/b19-8-. The van der Waals surface area contributed by atoms with E-state index in [9.17, 15) is 9.90 Å². The molecule has 0 heterocycles. The van der Waals surface area contributed by atoms with Crippen LogP contribution in [0.5, 0.6) is 17.2 Å². The summed E-state index contributed by atoms with van der Waals surface area (Å²) in [7, 11) is 2.97. The SMILES string of the molecule is COc1cc(/C=N\NC(=O)c2cc(Cl)ccc2O)cc(Cl)c1OC. The predicted octanol–water partition coefficient (Wildman–Crippen LogP) is 3.48. The van der Waals surface area contributed by atoms with Crippen LogP contribution in [0.15, 0.2) is 35.4 Å². The highest BCUT2D eigenvalue weighted by atomic mass is 35.5. The van der Waals surface area contributed by atoms with E-state index in [4.69, 9.17) is 32.7 Å². The number of rotatable bonds is 5. The minimum atomic E-state index is -0.599. The fourth-order valence-corrected chi connectivity index (χ4v) is 2.40. The minimum Gasteiger partial charge on any atom is -0.507 e. The number of methoxy groups -OCH3 is 2. The summed E-state index contributed by atoms with van der Waals surface area (Å²) >= 11 is 11.9. The van der Waals surface area contributed by atoms with Crippen LogP contribution in [0.2, 0.25) is 10.0 Å². The van der Waals surface area contributed by atoms with Gasteiger partial charge in [-0.1, -0.05) is 23.2 Å². The van der Waals surface area contributed by atoms with Gasteiger partial charge in [0.25, 0.3) is 5.91 Å². The summed E-state index contributed by atoms with van der Waals surface area (Å²) in [5.41, 5.74) is 2.91. The molecule has 0 aliphatic heterocycles. The fourth-order valence-electron chi connectivity index (χ4n) is 1.93. The normalized spacial score (nSPS) is 10.7. The molecule has 0 saturated heterocycles. The molecule has 1 amide bonds. The molecule has 0 fully saturated rings. The van der Waals surface area contributed by atoms with Gasteiger partial charge in [-0.05, 0) is 35.9 Å². The number of nitrogens with zero attached hydrogens (tertiary/aromatic N) is 1. The maximum Gasteiger partial charge on any atom is 0.275 e. The Kier molecular flexibility index (Phi) is 5.89. The quantitative estimate of drug-likeness (QED) is 0.625. The first-order chi connectivity index (χ1) is 11.5. The zero-order valence-electron chi connectivity index (χ0n) is 12.8. The van der Waals surface area contributed by atoms with Gasteiger partial charge < -0.3 is 14.6 Å². The van der Waals surface area contributed by atoms with Gasteiger partial charge in [-0.2, -0.15) is 5.10 Å². The number of amides is 1. The number of ether oxygens (including phenoxy) is 2. The number of halogens is 2. The molecule has 2 aromatic rings. The van der Waals surface area contributed by atoms with Crippen LogP contribution in [0.3, 0.4) is 0 Å². The molecule has 126 valence electrons. The van der Waals surface area contributed by atoms with E-state index in [1.165, 1.54) is 38.6 Å². The summed E-state index contributed by atoms with van der Waals surface area (Å²) in [6.07, 6.45) is 1.38. The molecule has 0 spiro atoms. The summed E-state index contributed by atoms with van der Waals surface area (Å²) in [6, 6.07) is 7.40. The summed E-state index contributed by atoms with van der Waals surface area (Å²) in [6.45, 7) is 0. The van der Waals surface area contributed by atoms with Crippen LogP contribution in [0.4, 0.5) is 0 Å². The average Bonchev–Trinajstić information content (AvgIpc) is 2.56. The highest BCUT2D eigenvalue weighted by molar-refractivity contribution is 6.32. The molecule has 0 aliphatic rings. The molecule has 6 nitrogen and oxygen atoms in total. The maximum absolute atomic E-state index is 12.0. The Labute approximate surface area is 148 Å². The summed E-state index contributed by atoms with van der Waals surface area (Å²) in [5.74, 6) is 0.0496.